The fourth-order valence-electron chi connectivity index (χ4n) is 2.22. The number of aliphatic hydroxyl groups is 1. The molecule has 0 radical (unpaired) electrons. The predicted octanol–water partition coefficient (Wildman–Crippen LogP) is 0.130. The lowest BCUT2D eigenvalue weighted by Crippen LogP contribution is -2.62. The summed E-state index contributed by atoms with van der Waals surface area (Å²) in [5, 5.41) is 10.1. The van der Waals surface area contributed by atoms with Crippen LogP contribution < -0.4 is 15.2 Å². The summed E-state index contributed by atoms with van der Waals surface area (Å²) in [6, 6.07) is 0. The summed E-state index contributed by atoms with van der Waals surface area (Å²) in [7, 11) is 1.44. The molecule has 1 fully saturated rings. The van der Waals surface area contributed by atoms with Gasteiger partial charge in [-0.15, -0.1) is 0 Å². The topological polar surface area (TPSA) is 78.5 Å². The van der Waals surface area contributed by atoms with E-state index < -0.39 is 5.60 Å². The summed E-state index contributed by atoms with van der Waals surface area (Å²) in [5.41, 5.74) is -0.951. The summed E-state index contributed by atoms with van der Waals surface area (Å²) in [6.07, 6.45) is 3.04. The quantitative estimate of drug-likeness (QED) is 0.780. The van der Waals surface area contributed by atoms with E-state index in [9.17, 15) is 9.90 Å². The highest BCUT2D eigenvalue weighted by molar-refractivity contribution is 5.53. The van der Waals surface area contributed by atoms with Gasteiger partial charge < -0.3 is 19.7 Å². The van der Waals surface area contributed by atoms with Crippen molar-refractivity contribution in [3.8, 4) is 5.75 Å². The molecule has 17 heavy (non-hydrogen) atoms. The number of hydrogen-bond donors (Lipinski definition) is 2. The van der Waals surface area contributed by atoms with E-state index in [0.29, 0.717) is 18.9 Å². The first-order valence-electron chi connectivity index (χ1n) is 5.68. The van der Waals surface area contributed by atoms with Gasteiger partial charge in [0.2, 0.25) is 5.75 Å². The van der Waals surface area contributed by atoms with E-state index in [4.69, 9.17) is 4.74 Å². The molecule has 1 saturated heterocycles. The van der Waals surface area contributed by atoms with Crippen LogP contribution in [0.25, 0.3) is 0 Å². The molecule has 0 spiro atoms. The molecule has 1 aromatic rings. The van der Waals surface area contributed by atoms with Crippen molar-refractivity contribution in [1.82, 2.24) is 9.97 Å². The maximum absolute atomic E-state index is 11.5. The largest absolute Gasteiger partial charge is 0.489 e. The molecule has 0 atom stereocenters. The molecule has 6 heteroatoms. The Hall–Kier alpha value is -1.56. The first kappa shape index (κ1) is 11.9. The standard InChI is InChI=1S/C11H17N3O3/c1-3-4-11(16)5-14(6-11)9-8(17-2)10(15)13-7-12-9/h7,16H,3-6H2,1-2H3,(H,12,13,15). The summed E-state index contributed by atoms with van der Waals surface area (Å²) >= 11 is 0. The van der Waals surface area contributed by atoms with Crippen LogP contribution >= 0.6 is 0 Å². The number of aromatic amines is 1. The molecule has 0 unspecified atom stereocenters. The molecular weight excluding hydrogens is 222 g/mol. The second-order valence-corrected chi connectivity index (χ2v) is 4.42. The number of nitrogens with zero attached hydrogens (tertiary/aromatic N) is 2. The molecule has 1 aromatic heterocycles. The highest BCUT2D eigenvalue weighted by atomic mass is 16.5. The molecule has 1 aliphatic heterocycles. The van der Waals surface area contributed by atoms with Crippen molar-refractivity contribution in [3.63, 3.8) is 0 Å². The number of anilines is 1. The molecular formula is C11H17N3O3. The van der Waals surface area contributed by atoms with Crippen molar-refractivity contribution in [2.75, 3.05) is 25.1 Å². The van der Waals surface area contributed by atoms with Gasteiger partial charge in [0, 0.05) is 0 Å². The highest BCUT2D eigenvalue weighted by Gasteiger charge is 2.42. The smallest absolute Gasteiger partial charge is 0.295 e. The molecule has 2 rings (SSSR count). The van der Waals surface area contributed by atoms with Crippen molar-refractivity contribution in [2.24, 2.45) is 0 Å². The number of aromatic nitrogens is 2. The fraction of sp³-hybridized carbons (Fsp3) is 0.636. The maximum atomic E-state index is 11.5. The van der Waals surface area contributed by atoms with E-state index in [2.05, 4.69) is 9.97 Å². The maximum Gasteiger partial charge on any atom is 0.295 e. The summed E-state index contributed by atoms with van der Waals surface area (Å²) in [6.45, 7) is 3.02. The first-order chi connectivity index (χ1) is 8.09. The summed E-state index contributed by atoms with van der Waals surface area (Å²) in [5.74, 6) is 0.697. The van der Waals surface area contributed by atoms with Gasteiger partial charge in [-0.05, 0) is 6.42 Å². The molecule has 0 aliphatic carbocycles. The lowest BCUT2D eigenvalue weighted by Gasteiger charge is -2.47. The van der Waals surface area contributed by atoms with Crippen molar-refractivity contribution < 1.29 is 9.84 Å². The number of hydrogen-bond acceptors (Lipinski definition) is 5. The minimum atomic E-state index is -0.649. The molecule has 0 saturated carbocycles. The zero-order chi connectivity index (χ0) is 12.5. The monoisotopic (exact) mass is 239 g/mol. The van der Waals surface area contributed by atoms with Crippen molar-refractivity contribution in [3.05, 3.63) is 16.7 Å². The minimum absolute atomic E-state index is 0.200. The Morgan fingerprint density at radius 3 is 2.94 bits per heavy atom. The van der Waals surface area contributed by atoms with Gasteiger partial charge in [0.25, 0.3) is 5.56 Å². The van der Waals surface area contributed by atoms with E-state index in [0.717, 1.165) is 12.8 Å². The molecule has 6 nitrogen and oxygen atoms in total. The number of nitrogens with one attached hydrogen (secondary N) is 1. The van der Waals surface area contributed by atoms with Crippen molar-refractivity contribution in [2.45, 2.75) is 25.4 Å². The number of H-pyrrole nitrogens is 1. The number of methoxy groups -OCH3 is 1. The van der Waals surface area contributed by atoms with Crippen LogP contribution in [0, 0.1) is 0 Å². The van der Waals surface area contributed by atoms with Gasteiger partial charge in [-0.25, -0.2) is 4.98 Å². The molecule has 0 amide bonds. The van der Waals surface area contributed by atoms with Gasteiger partial charge in [-0.3, -0.25) is 4.79 Å². The second-order valence-electron chi connectivity index (χ2n) is 4.42. The zero-order valence-corrected chi connectivity index (χ0v) is 10.1. The Labute approximate surface area is 99.2 Å². The molecule has 0 aromatic carbocycles. The van der Waals surface area contributed by atoms with Gasteiger partial charge in [-0.2, -0.15) is 0 Å². The average Bonchev–Trinajstić information content (AvgIpc) is 2.25. The van der Waals surface area contributed by atoms with E-state index in [1.165, 1.54) is 13.4 Å². The van der Waals surface area contributed by atoms with Crippen LogP contribution in [0.1, 0.15) is 19.8 Å². The Morgan fingerprint density at radius 1 is 1.65 bits per heavy atom. The van der Waals surface area contributed by atoms with E-state index in [1.54, 1.807) is 0 Å². The van der Waals surface area contributed by atoms with Gasteiger partial charge >= 0.3 is 0 Å². The minimum Gasteiger partial charge on any atom is -0.489 e. The van der Waals surface area contributed by atoms with Crippen LogP contribution in [-0.2, 0) is 0 Å². The SMILES string of the molecule is CCCC1(O)CN(c2nc[nH]c(=O)c2OC)C1. The van der Waals surface area contributed by atoms with Crippen LogP contribution in [0.15, 0.2) is 11.1 Å². The van der Waals surface area contributed by atoms with Crippen LogP contribution in [0.5, 0.6) is 5.75 Å². The van der Waals surface area contributed by atoms with Crippen LogP contribution in [0.2, 0.25) is 0 Å². The van der Waals surface area contributed by atoms with E-state index in [-0.39, 0.29) is 11.3 Å². The molecule has 2 heterocycles. The van der Waals surface area contributed by atoms with Gasteiger partial charge in [0.1, 0.15) is 0 Å². The summed E-state index contributed by atoms with van der Waals surface area (Å²) in [4.78, 5) is 19.9. The predicted molar refractivity (Wildman–Crippen MR) is 63.5 cm³/mol. The van der Waals surface area contributed by atoms with Gasteiger partial charge in [0.05, 0.1) is 32.1 Å². The third-order valence-corrected chi connectivity index (χ3v) is 2.98. The van der Waals surface area contributed by atoms with Crippen molar-refractivity contribution >= 4 is 5.82 Å². The Kier molecular flexibility index (Phi) is 3.06. The number of ether oxygens (including phenoxy) is 1. The molecule has 2 N–H and O–H groups in total. The number of rotatable bonds is 4. The van der Waals surface area contributed by atoms with Crippen LogP contribution in [-0.4, -0.2) is 40.9 Å². The van der Waals surface area contributed by atoms with E-state index >= 15 is 0 Å². The van der Waals surface area contributed by atoms with Crippen LogP contribution in [0.3, 0.4) is 0 Å². The normalized spacial score (nSPS) is 17.7. The first-order valence-corrected chi connectivity index (χ1v) is 5.68. The Balaban J connectivity index is 2.16. The van der Waals surface area contributed by atoms with E-state index in [1.807, 2.05) is 11.8 Å². The van der Waals surface area contributed by atoms with Gasteiger partial charge in [0.15, 0.2) is 5.82 Å². The average molecular weight is 239 g/mol. The Bertz CT molecular complexity index is 452. The number of β-amino-alcohol motifs (C(OH)–C–C–N with tert-alkyl or cyclic N) is 1. The highest BCUT2D eigenvalue weighted by Crippen LogP contribution is 2.32. The van der Waals surface area contributed by atoms with Crippen LogP contribution in [0.4, 0.5) is 5.82 Å². The van der Waals surface area contributed by atoms with Gasteiger partial charge in [-0.1, -0.05) is 13.3 Å². The molecule has 0 bridgehead atoms. The third-order valence-electron chi connectivity index (χ3n) is 2.98. The lowest BCUT2D eigenvalue weighted by molar-refractivity contribution is 0.00268. The van der Waals surface area contributed by atoms with Crippen molar-refractivity contribution in [1.29, 1.82) is 0 Å². The fourth-order valence-corrected chi connectivity index (χ4v) is 2.22. The zero-order valence-electron chi connectivity index (χ0n) is 10.1. The molecule has 94 valence electrons. The Morgan fingerprint density at radius 2 is 2.35 bits per heavy atom. The lowest BCUT2D eigenvalue weighted by atomic mass is 9.89. The molecule has 1 aliphatic rings. The third kappa shape index (κ3) is 2.12. The summed E-state index contributed by atoms with van der Waals surface area (Å²) < 4.78 is 5.03. The second kappa shape index (κ2) is 4.37.